The molecule has 0 aliphatic carbocycles. The van der Waals surface area contributed by atoms with Crippen molar-refractivity contribution in [3.63, 3.8) is 0 Å². The van der Waals surface area contributed by atoms with Crippen LogP contribution in [-0.2, 0) is 9.47 Å². The zero-order chi connectivity index (χ0) is 11.1. The lowest BCUT2D eigenvalue weighted by atomic mass is 10.2. The molecular weight excluding hydrogens is 192 g/mol. The molecule has 4 nitrogen and oxygen atoms in total. The highest BCUT2D eigenvalue weighted by Crippen LogP contribution is 2.06. The molecule has 1 aliphatic rings. The van der Waals surface area contributed by atoms with E-state index in [-0.39, 0.29) is 0 Å². The Labute approximate surface area is 92.9 Å². The predicted molar refractivity (Wildman–Crippen MR) is 61.2 cm³/mol. The van der Waals surface area contributed by atoms with Gasteiger partial charge in [-0.3, -0.25) is 4.90 Å². The van der Waals surface area contributed by atoms with Crippen LogP contribution >= 0.6 is 0 Å². The van der Waals surface area contributed by atoms with E-state index in [1.54, 1.807) is 7.11 Å². The van der Waals surface area contributed by atoms with Crippen molar-refractivity contribution in [1.82, 2.24) is 10.2 Å². The Bertz CT molecular complexity index is 161. The summed E-state index contributed by atoms with van der Waals surface area (Å²) in [4.78, 5) is 2.47. The number of likely N-dealkylation sites (N-methyl/N-ethyl adjacent to an activating group) is 1. The van der Waals surface area contributed by atoms with Crippen LogP contribution in [0.1, 0.15) is 13.8 Å². The van der Waals surface area contributed by atoms with Crippen molar-refractivity contribution in [1.29, 1.82) is 0 Å². The summed E-state index contributed by atoms with van der Waals surface area (Å²) >= 11 is 0. The molecule has 1 saturated heterocycles. The molecule has 0 spiro atoms. The van der Waals surface area contributed by atoms with E-state index in [1.807, 2.05) is 0 Å². The average Bonchev–Trinajstić information content (AvgIpc) is 2.22. The van der Waals surface area contributed by atoms with Gasteiger partial charge in [-0.15, -0.1) is 0 Å². The molecule has 0 bridgehead atoms. The van der Waals surface area contributed by atoms with Crippen molar-refractivity contribution in [3.8, 4) is 0 Å². The minimum atomic E-state index is 0.431. The van der Waals surface area contributed by atoms with Crippen molar-refractivity contribution in [2.45, 2.75) is 25.9 Å². The molecule has 1 fully saturated rings. The van der Waals surface area contributed by atoms with E-state index in [0.29, 0.717) is 12.1 Å². The number of nitrogens with zero attached hydrogens (tertiary/aromatic N) is 1. The van der Waals surface area contributed by atoms with Gasteiger partial charge in [-0.1, -0.05) is 6.92 Å². The number of ether oxygens (including phenoxy) is 2. The van der Waals surface area contributed by atoms with Gasteiger partial charge >= 0.3 is 0 Å². The smallest absolute Gasteiger partial charge is 0.0628 e. The van der Waals surface area contributed by atoms with Gasteiger partial charge < -0.3 is 14.8 Å². The van der Waals surface area contributed by atoms with Crippen LogP contribution in [-0.4, -0.2) is 63.5 Å². The second-order valence-corrected chi connectivity index (χ2v) is 4.13. The number of nitrogens with one attached hydrogen (secondary N) is 1. The second kappa shape index (κ2) is 7.17. The Morgan fingerprint density at radius 3 is 3.00 bits per heavy atom. The van der Waals surface area contributed by atoms with Gasteiger partial charge in [0.2, 0.25) is 0 Å². The van der Waals surface area contributed by atoms with Gasteiger partial charge in [0.25, 0.3) is 0 Å². The molecule has 0 aromatic carbocycles. The maximum absolute atomic E-state index is 5.42. The summed E-state index contributed by atoms with van der Waals surface area (Å²) in [6.45, 7) is 9.91. The minimum absolute atomic E-state index is 0.431. The topological polar surface area (TPSA) is 33.7 Å². The SMILES string of the molecule is CCNC(COC)CN1CCOCC1C. The molecule has 4 heteroatoms. The zero-order valence-corrected chi connectivity index (χ0v) is 10.2. The molecule has 2 unspecified atom stereocenters. The molecule has 90 valence electrons. The normalized spacial score (nSPS) is 25.4. The van der Waals surface area contributed by atoms with Crippen molar-refractivity contribution in [2.24, 2.45) is 0 Å². The molecule has 0 radical (unpaired) electrons. The van der Waals surface area contributed by atoms with Crippen LogP contribution in [0, 0.1) is 0 Å². The minimum Gasteiger partial charge on any atom is -0.383 e. The Kier molecular flexibility index (Phi) is 6.17. The first-order chi connectivity index (χ1) is 7.27. The fourth-order valence-corrected chi connectivity index (χ4v) is 1.98. The van der Waals surface area contributed by atoms with Crippen LogP contribution in [0.3, 0.4) is 0 Å². The van der Waals surface area contributed by atoms with Crippen LogP contribution in [0.25, 0.3) is 0 Å². The number of rotatable bonds is 6. The lowest BCUT2D eigenvalue weighted by Gasteiger charge is -2.35. The Hall–Kier alpha value is -0.160. The van der Waals surface area contributed by atoms with Crippen LogP contribution in [0.5, 0.6) is 0 Å². The largest absolute Gasteiger partial charge is 0.383 e. The second-order valence-electron chi connectivity index (χ2n) is 4.13. The molecule has 15 heavy (non-hydrogen) atoms. The van der Waals surface area contributed by atoms with Gasteiger partial charge in [-0.25, -0.2) is 0 Å². The number of hydrogen-bond donors (Lipinski definition) is 1. The molecular formula is C11H24N2O2. The third-order valence-corrected chi connectivity index (χ3v) is 2.82. The summed E-state index contributed by atoms with van der Waals surface area (Å²) in [5.41, 5.74) is 0. The molecule has 1 N–H and O–H groups in total. The number of hydrogen-bond acceptors (Lipinski definition) is 4. The third-order valence-electron chi connectivity index (χ3n) is 2.82. The van der Waals surface area contributed by atoms with Crippen LogP contribution in [0.4, 0.5) is 0 Å². The molecule has 0 aromatic heterocycles. The number of morpholine rings is 1. The molecule has 0 aromatic rings. The molecule has 1 heterocycles. The number of methoxy groups -OCH3 is 1. The maximum Gasteiger partial charge on any atom is 0.0628 e. The highest BCUT2D eigenvalue weighted by molar-refractivity contribution is 4.77. The Balaban J connectivity index is 2.33. The Morgan fingerprint density at radius 2 is 2.40 bits per heavy atom. The average molecular weight is 216 g/mol. The lowest BCUT2D eigenvalue weighted by molar-refractivity contribution is -0.00852. The lowest BCUT2D eigenvalue weighted by Crippen LogP contribution is -2.51. The fourth-order valence-electron chi connectivity index (χ4n) is 1.98. The molecule has 1 rings (SSSR count). The van der Waals surface area contributed by atoms with Crippen molar-refractivity contribution in [3.05, 3.63) is 0 Å². The van der Waals surface area contributed by atoms with E-state index in [9.17, 15) is 0 Å². The van der Waals surface area contributed by atoms with Gasteiger partial charge in [0.05, 0.1) is 19.8 Å². The van der Waals surface area contributed by atoms with Gasteiger partial charge in [0.15, 0.2) is 0 Å². The van der Waals surface area contributed by atoms with Gasteiger partial charge in [0, 0.05) is 32.3 Å². The maximum atomic E-state index is 5.42. The van der Waals surface area contributed by atoms with Crippen LogP contribution < -0.4 is 5.32 Å². The van der Waals surface area contributed by atoms with E-state index >= 15 is 0 Å². The highest BCUT2D eigenvalue weighted by Gasteiger charge is 2.21. The monoisotopic (exact) mass is 216 g/mol. The molecule has 2 atom stereocenters. The third kappa shape index (κ3) is 4.47. The Morgan fingerprint density at radius 1 is 1.60 bits per heavy atom. The summed E-state index contributed by atoms with van der Waals surface area (Å²) in [6.07, 6.45) is 0. The first-order valence-electron chi connectivity index (χ1n) is 5.82. The summed E-state index contributed by atoms with van der Waals surface area (Å²) in [7, 11) is 1.76. The van der Waals surface area contributed by atoms with E-state index < -0.39 is 0 Å². The van der Waals surface area contributed by atoms with Gasteiger partial charge in [-0.05, 0) is 13.5 Å². The van der Waals surface area contributed by atoms with Crippen LogP contribution in [0.15, 0.2) is 0 Å². The van der Waals surface area contributed by atoms with Crippen LogP contribution in [0.2, 0.25) is 0 Å². The van der Waals surface area contributed by atoms with E-state index in [4.69, 9.17) is 9.47 Å². The standard InChI is InChI=1S/C11H24N2O2/c1-4-12-11(9-14-3)7-13-5-6-15-8-10(13)2/h10-12H,4-9H2,1-3H3. The fraction of sp³-hybridized carbons (Fsp3) is 1.00. The summed E-state index contributed by atoms with van der Waals surface area (Å²) in [5, 5.41) is 3.44. The zero-order valence-electron chi connectivity index (χ0n) is 10.2. The molecule has 1 aliphatic heterocycles. The van der Waals surface area contributed by atoms with Crippen molar-refractivity contribution < 1.29 is 9.47 Å². The first-order valence-corrected chi connectivity index (χ1v) is 5.82. The highest BCUT2D eigenvalue weighted by atomic mass is 16.5. The summed E-state index contributed by atoms with van der Waals surface area (Å²) < 4.78 is 10.6. The quantitative estimate of drug-likeness (QED) is 0.694. The predicted octanol–water partition coefficient (Wildman–Crippen LogP) is 0.332. The molecule has 0 amide bonds. The van der Waals surface area contributed by atoms with E-state index in [1.165, 1.54) is 0 Å². The van der Waals surface area contributed by atoms with Crippen molar-refractivity contribution in [2.75, 3.05) is 46.6 Å². The van der Waals surface area contributed by atoms with Crippen molar-refractivity contribution >= 4 is 0 Å². The summed E-state index contributed by atoms with van der Waals surface area (Å²) in [5.74, 6) is 0. The first kappa shape index (κ1) is 12.9. The summed E-state index contributed by atoms with van der Waals surface area (Å²) in [6, 6.07) is 0.956. The van der Waals surface area contributed by atoms with E-state index in [0.717, 1.165) is 39.5 Å². The van der Waals surface area contributed by atoms with E-state index in [2.05, 4.69) is 24.1 Å². The van der Waals surface area contributed by atoms with Gasteiger partial charge in [-0.2, -0.15) is 0 Å². The van der Waals surface area contributed by atoms with Gasteiger partial charge in [0.1, 0.15) is 0 Å². The molecule has 0 saturated carbocycles.